The number of thiophene rings is 2. The summed E-state index contributed by atoms with van der Waals surface area (Å²) in [7, 11) is 0. The molecule has 4 N–H and O–H groups in total. The molecule has 0 radical (unpaired) electrons. The van der Waals surface area contributed by atoms with E-state index >= 15 is 26.3 Å². The van der Waals surface area contributed by atoms with Gasteiger partial charge in [0.05, 0.1) is 51.0 Å². The van der Waals surface area contributed by atoms with Gasteiger partial charge in [0.25, 0.3) is 0 Å². The molecule has 20 heteroatoms. The predicted molar refractivity (Wildman–Crippen MR) is 553 cm³/mol. The van der Waals surface area contributed by atoms with Crippen molar-refractivity contribution < 1.29 is 64.4 Å². The summed E-state index contributed by atoms with van der Waals surface area (Å²) >= 11 is 2.03. The molecule has 0 fully saturated rings. The van der Waals surface area contributed by atoms with Crippen LogP contribution in [0.3, 0.4) is 0 Å². The number of urea groups is 2. The topological polar surface area (TPSA) is 138 Å². The fourth-order valence-corrected chi connectivity index (χ4v) is 19.9. The van der Waals surface area contributed by atoms with E-state index in [2.05, 4.69) is 62.8 Å². The van der Waals surface area contributed by atoms with Crippen molar-refractivity contribution in [3.05, 3.63) is 106 Å². The van der Waals surface area contributed by atoms with Gasteiger partial charge in [-0.15, -0.1) is 22.7 Å². The van der Waals surface area contributed by atoms with Crippen LogP contribution in [-0.4, -0.2) is 69.5 Å². The SMILES string of the molecule is CCCCCCCCCCCCOc1cc(NC(=O)Nc2ccc(-c3cc(C4=C(c5cc(-c6ccc(NC(=O)Nc7cc(OCCCCCCCCCCCC)c(OCCCCCCCCCCCC)c(OCCCCCCCCCCCC)c7)cc6)sc5C)C(F)(F)C(F)(F)C4(F)F)c(C)s3)cc2)cc(OCCCCCCCCCCCC)c1OCCCCCCCCCCCC. The lowest BCUT2D eigenvalue weighted by Crippen LogP contribution is -2.48. The molecule has 4 amide bonds. The second-order valence-corrected chi connectivity index (χ2v) is 40.2. The first-order chi connectivity index (χ1) is 64.8. The van der Waals surface area contributed by atoms with Crippen LogP contribution in [0.2, 0.25) is 0 Å². The minimum Gasteiger partial charge on any atom is -0.489 e. The number of ether oxygens (including phenoxy) is 6. The third kappa shape index (κ3) is 41.6. The lowest BCUT2D eigenvalue weighted by atomic mass is 9.94. The molecule has 7 rings (SSSR count). The van der Waals surface area contributed by atoms with Crippen LogP contribution in [0, 0.1) is 13.8 Å². The highest BCUT2D eigenvalue weighted by atomic mass is 32.1. The summed E-state index contributed by atoms with van der Waals surface area (Å²) in [4.78, 5) is 29.2. The van der Waals surface area contributed by atoms with Gasteiger partial charge in [0.2, 0.25) is 11.5 Å². The minimum absolute atomic E-state index is 0.133. The predicted octanol–water partition coefficient (Wildman–Crippen LogP) is 38.7. The molecular weight excluding hydrogens is 1720 g/mol. The van der Waals surface area contributed by atoms with Crippen molar-refractivity contribution in [3.63, 3.8) is 0 Å². The van der Waals surface area contributed by atoms with E-state index in [1.54, 1.807) is 72.8 Å². The second-order valence-electron chi connectivity index (χ2n) is 37.7. The highest BCUT2D eigenvalue weighted by Crippen LogP contribution is 2.66. The third-order valence-electron chi connectivity index (χ3n) is 26.0. The lowest BCUT2D eigenvalue weighted by Gasteiger charge is -2.25. The Labute approximate surface area is 808 Å². The zero-order chi connectivity index (χ0) is 95.3. The summed E-state index contributed by atoms with van der Waals surface area (Å²) in [5.41, 5.74) is -1.10. The van der Waals surface area contributed by atoms with Crippen molar-refractivity contribution in [3.8, 4) is 55.4 Å². The number of nitrogens with one attached hydrogen (secondary N) is 4. The largest absolute Gasteiger partial charge is 0.489 e. The van der Waals surface area contributed by atoms with E-state index in [1.165, 1.54) is 296 Å². The molecule has 0 spiro atoms. The molecular formula is C113H174F6N4O8S2. The highest BCUT2D eigenvalue weighted by Gasteiger charge is 2.80. The molecule has 0 saturated carbocycles. The average molecular weight is 1890 g/mol. The Kier molecular flexibility index (Phi) is 57.1. The molecule has 2 heterocycles. The number of hydrogen-bond acceptors (Lipinski definition) is 10. The van der Waals surface area contributed by atoms with Crippen LogP contribution in [-0.2, 0) is 0 Å². The number of aryl methyl sites for hydroxylation is 2. The van der Waals surface area contributed by atoms with Gasteiger partial charge in [-0.05, 0) is 111 Å². The van der Waals surface area contributed by atoms with Crippen molar-refractivity contribution in [2.24, 2.45) is 0 Å². The Morgan fingerprint density at radius 1 is 0.256 bits per heavy atom. The first-order valence-corrected chi connectivity index (χ1v) is 55.0. The molecule has 0 bridgehead atoms. The van der Waals surface area contributed by atoms with Gasteiger partial charge < -0.3 is 49.7 Å². The summed E-state index contributed by atoms with van der Waals surface area (Å²) in [5, 5.41) is 11.8. The number of amides is 4. The van der Waals surface area contributed by atoms with Gasteiger partial charge in [0, 0.05) is 66.3 Å². The number of carbonyl (C=O) groups excluding carboxylic acids is 2. The summed E-state index contributed by atoms with van der Waals surface area (Å²) in [6.45, 7) is 19.3. The third-order valence-corrected chi connectivity index (χ3v) is 28.2. The van der Waals surface area contributed by atoms with Crippen LogP contribution in [0.5, 0.6) is 34.5 Å². The average Bonchev–Trinajstić information content (AvgIpc) is 1.52. The Morgan fingerprint density at radius 3 is 0.654 bits per heavy atom. The molecule has 1 aliphatic carbocycles. The Balaban J connectivity index is 1.06. The van der Waals surface area contributed by atoms with Gasteiger partial charge >= 0.3 is 29.8 Å². The van der Waals surface area contributed by atoms with E-state index in [0.29, 0.717) is 118 Å². The maximum absolute atomic E-state index is 16.7. The fourth-order valence-electron chi connectivity index (χ4n) is 17.8. The molecule has 6 aromatic rings. The van der Waals surface area contributed by atoms with Gasteiger partial charge in [-0.2, -0.15) is 26.3 Å². The molecule has 0 aliphatic heterocycles. The zero-order valence-corrected chi connectivity index (χ0v) is 85.2. The monoisotopic (exact) mass is 1890 g/mol. The number of anilines is 4. The Morgan fingerprint density at radius 2 is 0.444 bits per heavy atom. The molecule has 0 unspecified atom stereocenters. The molecule has 133 heavy (non-hydrogen) atoms. The van der Waals surface area contributed by atoms with Crippen molar-refractivity contribution in [2.45, 2.75) is 458 Å². The maximum Gasteiger partial charge on any atom is 0.380 e. The van der Waals surface area contributed by atoms with Crippen molar-refractivity contribution in [2.75, 3.05) is 60.9 Å². The lowest BCUT2D eigenvalue weighted by molar-refractivity contribution is -0.254. The number of unbranched alkanes of at least 4 members (excludes halogenated alkanes) is 54. The number of alkyl halides is 6. The number of benzene rings is 4. The second kappa shape index (κ2) is 67.2. The van der Waals surface area contributed by atoms with Crippen LogP contribution in [0.4, 0.5) is 58.7 Å². The number of hydrogen-bond donors (Lipinski definition) is 4. The summed E-state index contributed by atoms with van der Waals surface area (Å²) in [6.07, 6.45) is 71.5. The van der Waals surface area contributed by atoms with E-state index in [1.807, 2.05) is 0 Å². The smallest absolute Gasteiger partial charge is 0.380 e. The first kappa shape index (κ1) is 113. The number of carbonyl (C=O) groups is 2. The van der Waals surface area contributed by atoms with Crippen LogP contribution in [0.25, 0.3) is 32.0 Å². The summed E-state index contributed by atoms with van der Waals surface area (Å²) in [5.74, 6) is -13.3. The quantitative estimate of drug-likeness (QED) is 0.0219. The fraction of sp³-hybridized carbons (Fsp3) is 0.681. The van der Waals surface area contributed by atoms with Crippen molar-refractivity contribution in [1.29, 1.82) is 0 Å². The van der Waals surface area contributed by atoms with E-state index in [0.717, 1.165) is 138 Å². The van der Waals surface area contributed by atoms with Crippen LogP contribution in [0.15, 0.2) is 84.9 Å². The standard InChI is InChI=1S/C113H174F6N4O8S2/c1-9-15-21-27-33-39-45-51-57-63-77-126-99-83-95(84-100(127-78-64-58-52-46-40-34-28-22-16-10-2)107(99)130-81-67-61-55-49-43-37-31-25-19-13-5)122-109(124)120-93-73-69-91(70-74-93)103-87-97(89(7)132-103)105-106(112(116,117)113(118,119)111(105,114)115)98-88-104(133-90(98)8)92-71-75-94(76-72-92)121-110(125)123-96-85-101(128-79-65-59-53-47-41-35-29-23-17-11-3)108(131-82-68-62-56-50-44-38-32-26-20-14-6)102(86-96)129-80-66-60-54-48-42-36-30-24-18-12-4/h69-76,83-88H,9-68,77-82H2,1-8H3,(H2,120,122,124)(H2,121,123,125). The Hall–Kier alpha value is -7.06. The molecule has 1 aliphatic rings. The van der Waals surface area contributed by atoms with Crippen molar-refractivity contribution >= 4 is 68.6 Å². The van der Waals surface area contributed by atoms with Crippen LogP contribution >= 0.6 is 22.7 Å². The van der Waals surface area contributed by atoms with E-state index in [4.69, 9.17) is 28.4 Å². The molecule has 0 atom stereocenters. The van der Waals surface area contributed by atoms with E-state index in [-0.39, 0.29) is 9.75 Å². The number of rotatable bonds is 80. The van der Waals surface area contributed by atoms with Gasteiger partial charge in [-0.1, -0.05) is 413 Å². The minimum atomic E-state index is -5.79. The first-order valence-electron chi connectivity index (χ1n) is 53.4. The normalized spacial score (nSPS) is 13.3. The molecule has 4 aromatic carbocycles. The van der Waals surface area contributed by atoms with Gasteiger partial charge in [0.15, 0.2) is 23.0 Å². The molecule has 0 saturated heterocycles. The van der Waals surface area contributed by atoms with Gasteiger partial charge in [-0.25, -0.2) is 9.59 Å². The van der Waals surface area contributed by atoms with E-state index in [9.17, 15) is 9.59 Å². The number of allylic oxidation sites excluding steroid dienone is 2. The molecule has 748 valence electrons. The summed E-state index contributed by atoms with van der Waals surface area (Å²) in [6, 6.07) is 21.8. The van der Waals surface area contributed by atoms with Crippen LogP contribution < -0.4 is 49.7 Å². The number of halogens is 6. The summed E-state index contributed by atoms with van der Waals surface area (Å²) < 4.78 is 139. The molecule has 2 aromatic heterocycles. The maximum atomic E-state index is 16.7. The molecule has 12 nitrogen and oxygen atoms in total. The van der Waals surface area contributed by atoms with Gasteiger partial charge in [0.1, 0.15) is 0 Å². The highest BCUT2D eigenvalue weighted by molar-refractivity contribution is 7.16. The van der Waals surface area contributed by atoms with Crippen LogP contribution in [0.1, 0.15) is 448 Å². The van der Waals surface area contributed by atoms with Gasteiger partial charge in [-0.3, -0.25) is 0 Å². The Bertz CT molecular complexity index is 3780. The zero-order valence-electron chi connectivity index (χ0n) is 83.6. The van der Waals surface area contributed by atoms with E-state index < -0.39 is 52.1 Å². The van der Waals surface area contributed by atoms with Crippen molar-refractivity contribution in [1.82, 2.24) is 0 Å².